The maximum atomic E-state index is 12.3. The van der Waals surface area contributed by atoms with E-state index >= 15 is 0 Å². The van der Waals surface area contributed by atoms with Gasteiger partial charge in [0.15, 0.2) is 0 Å². The minimum absolute atomic E-state index is 0.255. The molecule has 3 aromatic rings. The zero-order valence-electron chi connectivity index (χ0n) is 14.6. The lowest BCUT2D eigenvalue weighted by molar-refractivity contribution is 0.0955. The van der Waals surface area contributed by atoms with Gasteiger partial charge in [-0.2, -0.15) is 5.10 Å². The molecule has 1 N–H and O–H groups in total. The van der Waals surface area contributed by atoms with Crippen LogP contribution in [0.15, 0.2) is 72.0 Å². The Bertz CT molecular complexity index is 929. The summed E-state index contributed by atoms with van der Waals surface area (Å²) in [7, 11) is 3.86. The molecule has 0 spiro atoms. The van der Waals surface area contributed by atoms with Gasteiger partial charge in [-0.05, 0) is 54.6 Å². The summed E-state index contributed by atoms with van der Waals surface area (Å²) in [6.07, 6.45) is 3.54. The van der Waals surface area contributed by atoms with Gasteiger partial charge >= 0.3 is 0 Å². The number of nitrogens with zero attached hydrogens (tertiary/aromatic N) is 3. The molecule has 1 heterocycles. The van der Waals surface area contributed by atoms with Crippen molar-refractivity contribution in [1.29, 1.82) is 0 Å². The van der Waals surface area contributed by atoms with E-state index in [-0.39, 0.29) is 5.91 Å². The number of hydrogen-bond acceptors (Lipinski definition) is 3. The van der Waals surface area contributed by atoms with E-state index in [4.69, 9.17) is 11.6 Å². The number of rotatable bonds is 5. The van der Waals surface area contributed by atoms with Crippen LogP contribution in [0.1, 0.15) is 16.1 Å². The van der Waals surface area contributed by atoms with Crippen LogP contribution < -0.4 is 10.3 Å². The number of amides is 1. The Morgan fingerprint density at radius 1 is 1.12 bits per heavy atom. The zero-order valence-corrected chi connectivity index (χ0v) is 15.3. The number of carbonyl (C=O) groups is 1. The molecule has 2 aromatic carbocycles. The third-order valence-electron chi connectivity index (χ3n) is 3.87. The quantitative estimate of drug-likeness (QED) is 0.549. The van der Waals surface area contributed by atoms with E-state index in [0.29, 0.717) is 10.6 Å². The topological polar surface area (TPSA) is 49.6 Å². The van der Waals surface area contributed by atoms with Crippen LogP contribution >= 0.6 is 11.6 Å². The number of aromatic nitrogens is 1. The molecule has 0 saturated carbocycles. The molecule has 6 heteroatoms. The van der Waals surface area contributed by atoms with Crippen molar-refractivity contribution in [3.8, 4) is 5.69 Å². The molecule has 0 bridgehead atoms. The number of halogens is 1. The van der Waals surface area contributed by atoms with E-state index < -0.39 is 0 Å². The van der Waals surface area contributed by atoms with Crippen molar-refractivity contribution in [2.24, 2.45) is 5.10 Å². The minimum atomic E-state index is -0.255. The number of hydrogen-bond donors (Lipinski definition) is 1. The molecule has 132 valence electrons. The maximum Gasteiger partial charge on any atom is 0.271 e. The molecule has 1 aromatic heterocycles. The second-order valence-corrected chi connectivity index (χ2v) is 6.36. The van der Waals surface area contributed by atoms with Crippen molar-refractivity contribution < 1.29 is 4.79 Å². The van der Waals surface area contributed by atoms with Gasteiger partial charge in [0.1, 0.15) is 0 Å². The van der Waals surface area contributed by atoms with Gasteiger partial charge in [-0.15, -0.1) is 0 Å². The highest BCUT2D eigenvalue weighted by molar-refractivity contribution is 6.30. The second-order valence-electron chi connectivity index (χ2n) is 5.92. The van der Waals surface area contributed by atoms with Crippen molar-refractivity contribution in [2.45, 2.75) is 0 Å². The van der Waals surface area contributed by atoms with E-state index in [9.17, 15) is 4.79 Å². The molecular formula is C20H19ClN4O. The van der Waals surface area contributed by atoms with Gasteiger partial charge in [0, 0.05) is 42.3 Å². The summed E-state index contributed by atoms with van der Waals surface area (Å²) >= 11 is 5.93. The Morgan fingerprint density at radius 2 is 1.88 bits per heavy atom. The van der Waals surface area contributed by atoms with Crippen LogP contribution in [0.5, 0.6) is 0 Å². The van der Waals surface area contributed by atoms with Gasteiger partial charge < -0.3 is 9.47 Å². The molecule has 26 heavy (non-hydrogen) atoms. The highest BCUT2D eigenvalue weighted by atomic mass is 35.5. The monoisotopic (exact) mass is 366 g/mol. The van der Waals surface area contributed by atoms with Gasteiger partial charge in [-0.3, -0.25) is 4.79 Å². The lowest BCUT2D eigenvalue weighted by Crippen LogP contribution is -2.18. The summed E-state index contributed by atoms with van der Waals surface area (Å²) < 4.78 is 1.96. The molecule has 0 radical (unpaired) electrons. The van der Waals surface area contributed by atoms with E-state index in [1.807, 2.05) is 84.4 Å². The van der Waals surface area contributed by atoms with E-state index in [0.717, 1.165) is 17.1 Å². The fraction of sp³-hybridized carbons (Fsp3) is 0.100. The van der Waals surface area contributed by atoms with Crippen molar-refractivity contribution in [3.63, 3.8) is 0 Å². The molecule has 0 atom stereocenters. The number of hydrazone groups is 1. The lowest BCUT2D eigenvalue weighted by Gasteiger charge is -2.12. The summed E-state index contributed by atoms with van der Waals surface area (Å²) in [5.41, 5.74) is 5.89. The lowest BCUT2D eigenvalue weighted by atomic mass is 10.2. The van der Waals surface area contributed by atoms with Crippen LogP contribution in [-0.2, 0) is 0 Å². The number of benzene rings is 2. The molecule has 0 saturated heterocycles. The Morgan fingerprint density at radius 3 is 2.62 bits per heavy atom. The summed E-state index contributed by atoms with van der Waals surface area (Å²) in [6.45, 7) is 0. The fourth-order valence-electron chi connectivity index (χ4n) is 2.48. The van der Waals surface area contributed by atoms with Crippen LogP contribution in [0.3, 0.4) is 0 Å². The van der Waals surface area contributed by atoms with Crippen molar-refractivity contribution >= 4 is 29.4 Å². The van der Waals surface area contributed by atoms with Crippen LogP contribution in [0, 0.1) is 0 Å². The SMILES string of the molecule is CN(C)c1cccc(C(=O)N/N=C\c2cccn2-c2ccc(Cl)cc2)c1. The highest BCUT2D eigenvalue weighted by Gasteiger charge is 2.06. The summed E-state index contributed by atoms with van der Waals surface area (Å²) in [5.74, 6) is -0.255. The molecule has 5 nitrogen and oxygen atoms in total. The molecule has 0 unspecified atom stereocenters. The second kappa shape index (κ2) is 7.89. The maximum absolute atomic E-state index is 12.3. The third-order valence-corrected chi connectivity index (χ3v) is 4.12. The summed E-state index contributed by atoms with van der Waals surface area (Å²) in [4.78, 5) is 14.2. The van der Waals surface area contributed by atoms with Crippen LogP contribution in [-0.4, -0.2) is 30.8 Å². The Labute approximate surface area is 157 Å². The summed E-state index contributed by atoms with van der Waals surface area (Å²) in [6, 6.07) is 18.7. The number of carbonyl (C=O) groups excluding carboxylic acids is 1. The first-order chi connectivity index (χ1) is 12.5. The standard InChI is InChI=1S/C20H19ClN4O/c1-24(2)18-6-3-5-15(13-18)20(26)23-22-14-19-7-4-12-25(19)17-10-8-16(21)9-11-17/h3-14H,1-2H3,(H,23,26)/b22-14-. The van der Waals surface area contributed by atoms with Crippen molar-refractivity contribution in [1.82, 2.24) is 9.99 Å². The predicted octanol–water partition coefficient (Wildman–Crippen LogP) is 3.96. The Kier molecular flexibility index (Phi) is 5.39. The molecule has 0 fully saturated rings. The number of anilines is 1. The third kappa shape index (κ3) is 4.13. The molecule has 0 aliphatic rings. The van der Waals surface area contributed by atoms with Crippen LogP contribution in [0.4, 0.5) is 5.69 Å². The minimum Gasteiger partial charge on any atom is -0.378 e. The van der Waals surface area contributed by atoms with Crippen LogP contribution in [0.25, 0.3) is 5.69 Å². The molecular weight excluding hydrogens is 348 g/mol. The van der Waals surface area contributed by atoms with Crippen LogP contribution in [0.2, 0.25) is 5.02 Å². The Balaban J connectivity index is 1.72. The van der Waals surface area contributed by atoms with Gasteiger partial charge in [0.05, 0.1) is 11.9 Å². The largest absolute Gasteiger partial charge is 0.378 e. The first kappa shape index (κ1) is 17.8. The predicted molar refractivity (Wildman–Crippen MR) is 107 cm³/mol. The average Bonchev–Trinajstić information content (AvgIpc) is 3.11. The van der Waals surface area contributed by atoms with Gasteiger partial charge in [-0.1, -0.05) is 17.7 Å². The van der Waals surface area contributed by atoms with Crippen molar-refractivity contribution in [2.75, 3.05) is 19.0 Å². The smallest absolute Gasteiger partial charge is 0.271 e. The van der Waals surface area contributed by atoms with Gasteiger partial charge in [0.2, 0.25) is 0 Å². The Hall–Kier alpha value is -3.05. The average molecular weight is 367 g/mol. The highest BCUT2D eigenvalue weighted by Crippen LogP contribution is 2.16. The van der Waals surface area contributed by atoms with E-state index in [1.54, 1.807) is 12.3 Å². The molecule has 0 aliphatic carbocycles. The van der Waals surface area contributed by atoms with Crippen molar-refractivity contribution in [3.05, 3.63) is 83.1 Å². The van der Waals surface area contributed by atoms with E-state index in [2.05, 4.69) is 10.5 Å². The van der Waals surface area contributed by atoms with Gasteiger partial charge in [-0.25, -0.2) is 5.43 Å². The van der Waals surface area contributed by atoms with Gasteiger partial charge in [0.25, 0.3) is 5.91 Å². The normalized spacial score (nSPS) is 10.9. The zero-order chi connectivity index (χ0) is 18.5. The molecule has 3 rings (SSSR count). The molecule has 1 amide bonds. The first-order valence-electron chi connectivity index (χ1n) is 8.09. The first-order valence-corrected chi connectivity index (χ1v) is 8.46. The summed E-state index contributed by atoms with van der Waals surface area (Å²) in [5, 5.41) is 4.77. The fourth-order valence-corrected chi connectivity index (χ4v) is 2.61. The number of nitrogens with one attached hydrogen (secondary N) is 1. The molecule has 0 aliphatic heterocycles. The van der Waals surface area contributed by atoms with E-state index in [1.165, 1.54) is 0 Å².